The van der Waals surface area contributed by atoms with Gasteiger partial charge in [0.1, 0.15) is 11.2 Å². The molecule has 0 amide bonds. The van der Waals surface area contributed by atoms with Gasteiger partial charge in [-0.05, 0) is 130 Å². The van der Waals surface area contributed by atoms with Crippen LogP contribution in [0.1, 0.15) is 0 Å². The molecule has 58 heavy (non-hydrogen) atoms. The summed E-state index contributed by atoms with van der Waals surface area (Å²) in [5.41, 5.74) is 9.24. The van der Waals surface area contributed by atoms with Crippen LogP contribution >= 0.6 is 11.3 Å². The highest BCUT2D eigenvalue weighted by Crippen LogP contribution is 2.48. The Kier molecular flexibility index (Phi) is 6.66. The number of benzene rings is 11. The molecule has 2 heterocycles. The molecule has 0 fully saturated rings. The number of hydrogen-bond donors (Lipinski definition) is 0. The predicted octanol–water partition coefficient (Wildman–Crippen LogP) is 16.7. The lowest BCUT2D eigenvalue weighted by atomic mass is 9.85. The van der Waals surface area contributed by atoms with Gasteiger partial charge in [-0.3, -0.25) is 0 Å². The number of furan rings is 1. The molecule has 0 N–H and O–H groups in total. The van der Waals surface area contributed by atoms with Gasteiger partial charge in [-0.25, -0.2) is 0 Å². The van der Waals surface area contributed by atoms with Gasteiger partial charge in [0.15, 0.2) is 0 Å². The van der Waals surface area contributed by atoms with Crippen LogP contribution in [-0.4, -0.2) is 0 Å². The van der Waals surface area contributed by atoms with Gasteiger partial charge >= 0.3 is 0 Å². The van der Waals surface area contributed by atoms with Crippen LogP contribution in [0.3, 0.4) is 0 Å². The standard InChI is InChI=1S/C56H32OS/c1-2-12-34-30-38(25-21-33(34)11-1)52-42-15-5-7-17-44(42)53(45-18-8-6-16-43(45)52)39-26-23-35-29-37(24-22-36(35)31-39)47-32-49-54(41-14-4-3-13-40(41)47)56-48(57-49)27-28-51-55(56)46-19-9-10-20-50(46)58-51/h1-32H. The van der Waals surface area contributed by atoms with E-state index in [1.165, 1.54) is 118 Å². The third-order valence-electron chi connectivity index (χ3n) is 12.4. The van der Waals surface area contributed by atoms with Crippen molar-refractivity contribution in [2.24, 2.45) is 0 Å². The van der Waals surface area contributed by atoms with Crippen LogP contribution in [0.2, 0.25) is 0 Å². The molecule has 0 saturated heterocycles. The van der Waals surface area contributed by atoms with Gasteiger partial charge in [-0.1, -0.05) is 152 Å². The molecule has 0 radical (unpaired) electrons. The number of rotatable bonds is 3. The molecule has 0 aliphatic heterocycles. The Morgan fingerprint density at radius 1 is 0.293 bits per heavy atom. The molecule has 268 valence electrons. The molecule has 13 rings (SSSR count). The molecule has 0 aliphatic carbocycles. The van der Waals surface area contributed by atoms with E-state index in [9.17, 15) is 0 Å². The Balaban J connectivity index is 0.986. The topological polar surface area (TPSA) is 13.1 Å². The van der Waals surface area contributed by atoms with Gasteiger partial charge in [0, 0.05) is 30.9 Å². The van der Waals surface area contributed by atoms with E-state index in [0.717, 1.165) is 11.2 Å². The molecule has 2 aromatic heterocycles. The second kappa shape index (κ2) is 12.1. The second-order valence-electron chi connectivity index (χ2n) is 15.5. The minimum atomic E-state index is 0.924. The van der Waals surface area contributed by atoms with Crippen molar-refractivity contribution in [3.63, 3.8) is 0 Å². The average Bonchev–Trinajstić information content (AvgIpc) is 3.86. The molecular formula is C56H32OS. The number of fused-ring (bicyclic) bond motifs is 13. The van der Waals surface area contributed by atoms with E-state index in [0.29, 0.717) is 0 Å². The first-order valence-electron chi connectivity index (χ1n) is 19.9. The average molecular weight is 753 g/mol. The quantitative estimate of drug-likeness (QED) is 0.164. The van der Waals surface area contributed by atoms with E-state index in [-0.39, 0.29) is 0 Å². The highest BCUT2D eigenvalue weighted by Gasteiger charge is 2.20. The summed E-state index contributed by atoms with van der Waals surface area (Å²) in [7, 11) is 0. The Bertz CT molecular complexity index is 3810. The molecule has 11 aromatic carbocycles. The third-order valence-corrected chi connectivity index (χ3v) is 13.5. The van der Waals surface area contributed by atoms with Gasteiger partial charge in [-0.15, -0.1) is 11.3 Å². The van der Waals surface area contributed by atoms with E-state index in [1.54, 1.807) is 0 Å². The molecule has 0 bridgehead atoms. The van der Waals surface area contributed by atoms with Gasteiger partial charge < -0.3 is 4.42 Å². The molecule has 2 heteroatoms. The van der Waals surface area contributed by atoms with Gasteiger partial charge in [0.2, 0.25) is 0 Å². The summed E-state index contributed by atoms with van der Waals surface area (Å²) in [5, 5.41) is 17.4. The van der Waals surface area contributed by atoms with Crippen molar-refractivity contribution in [1.29, 1.82) is 0 Å². The van der Waals surface area contributed by atoms with Crippen molar-refractivity contribution in [3.05, 3.63) is 194 Å². The zero-order valence-electron chi connectivity index (χ0n) is 31.3. The number of thiophene rings is 1. The Morgan fingerprint density at radius 2 is 0.793 bits per heavy atom. The van der Waals surface area contributed by atoms with E-state index in [2.05, 4.69) is 194 Å². The molecule has 13 aromatic rings. The van der Waals surface area contributed by atoms with Crippen molar-refractivity contribution < 1.29 is 4.42 Å². The third kappa shape index (κ3) is 4.58. The fourth-order valence-corrected chi connectivity index (χ4v) is 11.0. The van der Waals surface area contributed by atoms with Crippen LogP contribution in [0.5, 0.6) is 0 Å². The monoisotopic (exact) mass is 752 g/mol. The van der Waals surface area contributed by atoms with E-state index in [1.807, 2.05) is 11.3 Å². The normalized spacial score (nSPS) is 12.1. The van der Waals surface area contributed by atoms with Crippen molar-refractivity contribution in [2.75, 3.05) is 0 Å². The summed E-state index contributed by atoms with van der Waals surface area (Å²) in [6.45, 7) is 0. The molecule has 0 saturated carbocycles. The lowest BCUT2D eigenvalue weighted by molar-refractivity contribution is 0.669. The molecule has 0 spiro atoms. The Morgan fingerprint density at radius 3 is 1.47 bits per heavy atom. The van der Waals surface area contributed by atoms with Crippen molar-refractivity contribution in [1.82, 2.24) is 0 Å². The first kappa shape index (κ1) is 31.9. The van der Waals surface area contributed by atoms with Crippen molar-refractivity contribution >= 4 is 107 Å². The van der Waals surface area contributed by atoms with Crippen LogP contribution in [0.25, 0.3) is 129 Å². The van der Waals surface area contributed by atoms with Crippen LogP contribution in [0.15, 0.2) is 199 Å². The van der Waals surface area contributed by atoms with Gasteiger partial charge in [0.25, 0.3) is 0 Å². The maximum Gasteiger partial charge on any atom is 0.136 e. The predicted molar refractivity (Wildman–Crippen MR) is 250 cm³/mol. The highest BCUT2D eigenvalue weighted by atomic mass is 32.1. The Hall–Kier alpha value is -7.26. The van der Waals surface area contributed by atoms with Crippen molar-refractivity contribution in [3.8, 4) is 33.4 Å². The van der Waals surface area contributed by atoms with E-state index < -0.39 is 0 Å². The largest absolute Gasteiger partial charge is 0.456 e. The minimum absolute atomic E-state index is 0.924. The van der Waals surface area contributed by atoms with E-state index >= 15 is 0 Å². The molecular weight excluding hydrogens is 721 g/mol. The van der Waals surface area contributed by atoms with Gasteiger partial charge in [-0.2, -0.15) is 0 Å². The smallest absolute Gasteiger partial charge is 0.136 e. The lowest BCUT2D eigenvalue weighted by Gasteiger charge is -2.18. The minimum Gasteiger partial charge on any atom is -0.456 e. The van der Waals surface area contributed by atoms with Gasteiger partial charge in [0.05, 0.1) is 0 Å². The Labute approximate surface area is 337 Å². The number of hydrogen-bond acceptors (Lipinski definition) is 2. The summed E-state index contributed by atoms with van der Waals surface area (Å²) in [6, 6.07) is 71.5. The maximum absolute atomic E-state index is 6.73. The molecule has 0 aliphatic rings. The fraction of sp³-hybridized carbons (Fsp3) is 0. The summed E-state index contributed by atoms with van der Waals surface area (Å²) in [4.78, 5) is 0. The van der Waals surface area contributed by atoms with Crippen LogP contribution < -0.4 is 0 Å². The first-order chi connectivity index (χ1) is 28.7. The summed E-state index contributed by atoms with van der Waals surface area (Å²) in [5.74, 6) is 0. The zero-order valence-corrected chi connectivity index (χ0v) is 32.1. The molecule has 0 atom stereocenters. The van der Waals surface area contributed by atoms with Crippen LogP contribution in [-0.2, 0) is 0 Å². The highest BCUT2D eigenvalue weighted by molar-refractivity contribution is 7.26. The molecule has 1 nitrogen and oxygen atoms in total. The summed E-state index contributed by atoms with van der Waals surface area (Å²) >= 11 is 1.85. The SMILES string of the molecule is c1ccc2cc(-c3c4ccccc4c(-c4ccc5cc(-c6cc7oc8ccc9sc%10ccccc%10c9c8c7c7ccccc67)ccc5c4)c4ccccc34)ccc2c1. The van der Waals surface area contributed by atoms with Crippen molar-refractivity contribution in [2.45, 2.75) is 0 Å². The zero-order chi connectivity index (χ0) is 37.9. The van der Waals surface area contributed by atoms with Crippen LogP contribution in [0, 0.1) is 0 Å². The fourth-order valence-electron chi connectivity index (χ4n) is 9.84. The summed E-state index contributed by atoms with van der Waals surface area (Å²) in [6.07, 6.45) is 0. The lowest BCUT2D eigenvalue weighted by Crippen LogP contribution is -1.91. The maximum atomic E-state index is 6.73. The summed E-state index contributed by atoms with van der Waals surface area (Å²) < 4.78 is 9.33. The van der Waals surface area contributed by atoms with E-state index in [4.69, 9.17) is 4.42 Å². The second-order valence-corrected chi connectivity index (χ2v) is 16.6. The molecule has 0 unspecified atom stereocenters. The van der Waals surface area contributed by atoms with Crippen LogP contribution in [0.4, 0.5) is 0 Å². The first-order valence-corrected chi connectivity index (χ1v) is 20.7.